The number of ether oxygens (including phenoxy) is 1. The van der Waals surface area contributed by atoms with Crippen molar-refractivity contribution in [1.82, 2.24) is 5.32 Å². The van der Waals surface area contributed by atoms with Gasteiger partial charge >= 0.3 is 5.97 Å². The molecule has 8 heteroatoms. The molecule has 1 aliphatic heterocycles. The zero-order valence-electron chi connectivity index (χ0n) is 11.9. The van der Waals surface area contributed by atoms with Crippen LogP contribution in [0, 0.1) is 18.2 Å². The van der Waals surface area contributed by atoms with Gasteiger partial charge in [0.25, 0.3) is 5.91 Å². The Morgan fingerprint density at radius 1 is 1.52 bits per heavy atom. The van der Waals surface area contributed by atoms with Crippen molar-refractivity contribution in [1.29, 1.82) is 0 Å². The topological polar surface area (TPSA) is 80.1 Å². The number of hydrogen-bond acceptors (Lipinski definition) is 6. The minimum Gasteiger partial charge on any atom is -0.466 e. The number of nitrogens with one attached hydrogen (secondary N) is 1. The number of nitrogens with zero attached hydrogens (tertiary/aromatic N) is 2. The Morgan fingerprint density at radius 3 is 3.00 bits per heavy atom. The van der Waals surface area contributed by atoms with E-state index in [1.165, 1.54) is 25.5 Å². The highest BCUT2D eigenvalue weighted by Crippen LogP contribution is 2.23. The molecule has 1 aromatic rings. The van der Waals surface area contributed by atoms with Crippen LogP contribution in [0.15, 0.2) is 39.4 Å². The summed E-state index contributed by atoms with van der Waals surface area (Å²) in [7, 11) is 1.21. The Labute approximate surface area is 135 Å². The van der Waals surface area contributed by atoms with Gasteiger partial charge in [0.1, 0.15) is 5.82 Å². The summed E-state index contributed by atoms with van der Waals surface area (Å²) in [6, 6.07) is 4.33. The van der Waals surface area contributed by atoms with Gasteiger partial charge in [-0.2, -0.15) is 5.10 Å². The van der Waals surface area contributed by atoms with Crippen LogP contribution in [0.25, 0.3) is 0 Å². The van der Waals surface area contributed by atoms with Crippen LogP contribution in [0.1, 0.15) is 11.1 Å². The number of benzene rings is 1. The van der Waals surface area contributed by atoms with Crippen molar-refractivity contribution in [2.45, 2.75) is 0 Å². The van der Waals surface area contributed by atoms with Gasteiger partial charge in [0.15, 0.2) is 5.17 Å². The summed E-state index contributed by atoms with van der Waals surface area (Å²) < 4.78 is 17.9. The maximum atomic E-state index is 13.5. The molecule has 1 fully saturated rings. The second kappa shape index (κ2) is 7.38. The number of carbonyl (C=O) groups is 2. The summed E-state index contributed by atoms with van der Waals surface area (Å²) in [5.41, 5.74) is 0.460. The van der Waals surface area contributed by atoms with Crippen molar-refractivity contribution in [3.8, 4) is 12.3 Å². The number of rotatable bonds is 3. The van der Waals surface area contributed by atoms with Crippen LogP contribution in [0.4, 0.5) is 4.39 Å². The third-order valence-corrected chi connectivity index (χ3v) is 3.54. The van der Waals surface area contributed by atoms with Crippen LogP contribution in [-0.2, 0) is 14.3 Å². The first kappa shape index (κ1) is 16.5. The van der Waals surface area contributed by atoms with Crippen LogP contribution in [0.5, 0.6) is 0 Å². The van der Waals surface area contributed by atoms with Crippen LogP contribution < -0.4 is 5.32 Å². The third kappa shape index (κ3) is 4.05. The van der Waals surface area contributed by atoms with Gasteiger partial charge in [-0.1, -0.05) is 18.1 Å². The molecule has 1 amide bonds. The lowest BCUT2D eigenvalue weighted by molar-refractivity contribution is -0.135. The average Bonchev–Trinajstić information content (AvgIpc) is 2.87. The molecule has 116 valence electrons. The molecule has 0 aliphatic carbocycles. The highest BCUT2D eigenvalue weighted by atomic mass is 32.2. The molecule has 0 unspecified atom stereocenters. The Morgan fingerprint density at radius 2 is 2.30 bits per heavy atom. The van der Waals surface area contributed by atoms with Crippen molar-refractivity contribution in [2.75, 3.05) is 7.11 Å². The van der Waals surface area contributed by atoms with E-state index in [2.05, 4.69) is 26.2 Å². The van der Waals surface area contributed by atoms with Gasteiger partial charge in [-0.15, -0.1) is 11.5 Å². The lowest BCUT2D eigenvalue weighted by Gasteiger charge is -1.98. The van der Waals surface area contributed by atoms with E-state index >= 15 is 0 Å². The van der Waals surface area contributed by atoms with Gasteiger partial charge < -0.3 is 4.74 Å². The first-order valence-corrected chi connectivity index (χ1v) is 7.01. The molecule has 1 aliphatic rings. The quantitative estimate of drug-likeness (QED) is 0.299. The van der Waals surface area contributed by atoms with E-state index in [4.69, 9.17) is 6.42 Å². The smallest absolute Gasteiger partial charge is 0.331 e. The predicted octanol–water partition coefficient (Wildman–Crippen LogP) is 1.42. The number of terminal acetylenes is 1. The van der Waals surface area contributed by atoms with Crippen LogP contribution in [0.2, 0.25) is 0 Å². The SMILES string of the molecule is C#Cc1c(F)cccc1C=N/N=C1/NC(=O)/C(=C\C(=O)OC)S1. The third-order valence-electron chi connectivity index (χ3n) is 2.64. The van der Waals surface area contributed by atoms with Gasteiger partial charge in [0.05, 0.1) is 23.8 Å². The molecule has 1 heterocycles. The molecule has 6 nitrogen and oxygen atoms in total. The first-order valence-electron chi connectivity index (χ1n) is 6.20. The Bertz CT molecular complexity index is 794. The number of carbonyl (C=O) groups excluding carboxylic acids is 2. The summed E-state index contributed by atoms with van der Waals surface area (Å²) in [5, 5.41) is 10.2. The maximum absolute atomic E-state index is 13.5. The molecule has 0 radical (unpaired) electrons. The minimum atomic E-state index is -0.647. The molecule has 1 aromatic carbocycles. The second-order valence-electron chi connectivity index (χ2n) is 4.09. The highest BCUT2D eigenvalue weighted by molar-refractivity contribution is 8.18. The van der Waals surface area contributed by atoms with Crippen molar-refractivity contribution < 1.29 is 18.7 Å². The lowest BCUT2D eigenvalue weighted by atomic mass is 10.1. The molecular weight excluding hydrogens is 321 g/mol. The van der Waals surface area contributed by atoms with Crippen LogP contribution in [0.3, 0.4) is 0 Å². The van der Waals surface area contributed by atoms with E-state index in [1.807, 2.05) is 0 Å². The molecule has 0 bridgehead atoms. The Balaban J connectivity index is 2.15. The standard InChI is InChI=1S/C15H10FN3O3S/c1-3-10-9(5-4-6-11(10)16)8-17-19-15-18-14(21)12(23-15)7-13(20)22-2/h1,4-8H,2H3,(H,18,19,21)/b12-7+,17-8?. The summed E-state index contributed by atoms with van der Waals surface area (Å²) in [6.45, 7) is 0. The van der Waals surface area contributed by atoms with E-state index in [1.54, 1.807) is 6.07 Å². The average molecular weight is 331 g/mol. The zero-order chi connectivity index (χ0) is 16.8. The number of thioether (sulfide) groups is 1. The largest absolute Gasteiger partial charge is 0.466 e. The van der Waals surface area contributed by atoms with Gasteiger partial charge in [-0.25, -0.2) is 9.18 Å². The first-order chi connectivity index (χ1) is 11.0. The minimum absolute atomic E-state index is 0.0748. The molecule has 0 aromatic heterocycles. The molecule has 0 spiro atoms. The van der Waals surface area contributed by atoms with E-state index in [0.717, 1.165) is 17.8 Å². The number of esters is 1. The number of methoxy groups -OCH3 is 1. The van der Waals surface area contributed by atoms with Crippen molar-refractivity contribution >= 4 is 35.0 Å². The molecular formula is C15H10FN3O3S. The van der Waals surface area contributed by atoms with Gasteiger partial charge in [0.2, 0.25) is 0 Å². The van der Waals surface area contributed by atoms with Crippen molar-refractivity contribution in [3.05, 3.63) is 46.1 Å². The fourth-order valence-electron chi connectivity index (χ4n) is 1.59. The molecule has 2 rings (SSSR count). The Kier molecular flexibility index (Phi) is 5.28. The fraction of sp³-hybridized carbons (Fsp3) is 0.0667. The molecule has 0 saturated carbocycles. The van der Waals surface area contributed by atoms with Crippen LogP contribution in [-0.4, -0.2) is 30.4 Å². The number of amides is 1. The molecule has 1 saturated heterocycles. The zero-order valence-corrected chi connectivity index (χ0v) is 12.7. The number of amidine groups is 1. The second-order valence-corrected chi connectivity index (χ2v) is 5.12. The number of halogens is 1. The fourth-order valence-corrected chi connectivity index (χ4v) is 2.32. The summed E-state index contributed by atoms with van der Waals surface area (Å²) in [5.74, 6) is 0.573. The predicted molar refractivity (Wildman–Crippen MR) is 85.2 cm³/mol. The van der Waals surface area contributed by atoms with E-state index in [9.17, 15) is 14.0 Å². The monoisotopic (exact) mass is 331 g/mol. The maximum Gasteiger partial charge on any atom is 0.331 e. The Hall–Kier alpha value is -2.92. The number of hydrogen-bond donors (Lipinski definition) is 1. The van der Waals surface area contributed by atoms with E-state index in [-0.39, 0.29) is 15.6 Å². The summed E-state index contributed by atoms with van der Waals surface area (Å²) >= 11 is 0.932. The van der Waals surface area contributed by atoms with E-state index < -0.39 is 17.7 Å². The van der Waals surface area contributed by atoms with Gasteiger partial charge in [0, 0.05) is 11.6 Å². The molecule has 23 heavy (non-hydrogen) atoms. The van der Waals surface area contributed by atoms with E-state index in [0.29, 0.717) is 5.56 Å². The van der Waals surface area contributed by atoms with Gasteiger partial charge in [-0.3, -0.25) is 10.1 Å². The van der Waals surface area contributed by atoms with Crippen molar-refractivity contribution in [2.24, 2.45) is 10.2 Å². The molecule has 0 atom stereocenters. The van der Waals surface area contributed by atoms with Crippen molar-refractivity contribution in [3.63, 3.8) is 0 Å². The normalized spacial score (nSPS) is 17.5. The highest BCUT2D eigenvalue weighted by Gasteiger charge is 2.24. The summed E-state index contributed by atoms with van der Waals surface area (Å²) in [4.78, 5) is 22.8. The summed E-state index contributed by atoms with van der Waals surface area (Å²) in [6.07, 6.45) is 7.57. The van der Waals surface area contributed by atoms with Gasteiger partial charge in [-0.05, 0) is 17.8 Å². The molecule has 1 N–H and O–H groups in total. The lowest BCUT2D eigenvalue weighted by Crippen LogP contribution is -2.19. The van der Waals surface area contributed by atoms with Crippen LogP contribution >= 0.6 is 11.8 Å².